The summed E-state index contributed by atoms with van der Waals surface area (Å²) in [6.07, 6.45) is 3.23. The average Bonchev–Trinajstić information content (AvgIpc) is 2.38. The lowest BCUT2D eigenvalue weighted by Crippen LogP contribution is -2.40. The van der Waals surface area contributed by atoms with Crippen LogP contribution in [0.15, 0.2) is 24.3 Å². The van der Waals surface area contributed by atoms with Gasteiger partial charge in [0.2, 0.25) is 0 Å². The molecule has 3 heteroatoms. The SMILES string of the molecule is CN(Cc1ccc(Cl)cc1)CC1CCCC(C)(C)C1=O. The van der Waals surface area contributed by atoms with E-state index in [1.54, 1.807) is 0 Å². The van der Waals surface area contributed by atoms with Gasteiger partial charge in [0, 0.05) is 29.4 Å². The normalized spacial score (nSPS) is 22.2. The molecule has 0 aliphatic heterocycles. The molecule has 1 fully saturated rings. The van der Waals surface area contributed by atoms with Gasteiger partial charge in [0.15, 0.2) is 0 Å². The van der Waals surface area contributed by atoms with Gasteiger partial charge in [0.25, 0.3) is 0 Å². The summed E-state index contributed by atoms with van der Waals surface area (Å²) in [5, 5.41) is 0.764. The molecule has 0 radical (unpaired) electrons. The van der Waals surface area contributed by atoms with E-state index in [9.17, 15) is 4.79 Å². The van der Waals surface area contributed by atoms with Crippen LogP contribution in [0.1, 0.15) is 38.7 Å². The Labute approximate surface area is 127 Å². The maximum atomic E-state index is 12.4. The summed E-state index contributed by atoms with van der Waals surface area (Å²) in [5.41, 5.74) is 1.10. The predicted molar refractivity (Wildman–Crippen MR) is 83.9 cm³/mol. The van der Waals surface area contributed by atoms with Crippen molar-refractivity contribution in [2.75, 3.05) is 13.6 Å². The molecule has 0 saturated heterocycles. The Bertz CT molecular complexity index is 466. The van der Waals surface area contributed by atoms with Gasteiger partial charge in [-0.1, -0.05) is 44.0 Å². The van der Waals surface area contributed by atoms with Crippen molar-refractivity contribution < 1.29 is 4.79 Å². The number of hydrogen-bond donors (Lipinski definition) is 0. The molecule has 110 valence electrons. The van der Waals surface area contributed by atoms with Crippen molar-refractivity contribution >= 4 is 17.4 Å². The third-order valence-electron chi connectivity index (χ3n) is 4.29. The lowest BCUT2D eigenvalue weighted by Gasteiger charge is -2.35. The number of Topliss-reactive ketones (excluding diaryl/α,β-unsaturated/α-hetero) is 1. The van der Waals surface area contributed by atoms with Crippen molar-refractivity contribution in [3.63, 3.8) is 0 Å². The molecular formula is C17H24ClNO. The van der Waals surface area contributed by atoms with Crippen LogP contribution < -0.4 is 0 Å². The van der Waals surface area contributed by atoms with Crippen molar-refractivity contribution in [1.82, 2.24) is 4.90 Å². The molecule has 0 bridgehead atoms. The third-order valence-corrected chi connectivity index (χ3v) is 4.54. The number of hydrogen-bond acceptors (Lipinski definition) is 2. The van der Waals surface area contributed by atoms with Crippen molar-refractivity contribution in [2.45, 2.75) is 39.7 Å². The van der Waals surface area contributed by atoms with E-state index in [0.717, 1.165) is 37.4 Å². The molecule has 1 aromatic carbocycles. The molecule has 1 atom stereocenters. The standard InChI is InChI=1S/C17H24ClNO/c1-17(2)10-4-5-14(16(17)20)12-19(3)11-13-6-8-15(18)9-7-13/h6-9,14H,4-5,10-12H2,1-3H3. The second-order valence-corrected chi connectivity index (χ2v) is 7.10. The predicted octanol–water partition coefficient (Wildman–Crippen LogP) is 4.17. The summed E-state index contributed by atoms with van der Waals surface area (Å²) >= 11 is 5.90. The summed E-state index contributed by atoms with van der Waals surface area (Å²) in [6, 6.07) is 7.93. The smallest absolute Gasteiger partial charge is 0.142 e. The van der Waals surface area contributed by atoms with Crippen molar-refractivity contribution in [1.29, 1.82) is 0 Å². The molecule has 0 N–H and O–H groups in total. The molecule has 20 heavy (non-hydrogen) atoms. The molecule has 0 amide bonds. The monoisotopic (exact) mass is 293 g/mol. The van der Waals surface area contributed by atoms with Crippen molar-refractivity contribution in [2.24, 2.45) is 11.3 Å². The van der Waals surface area contributed by atoms with Crippen LogP contribution in [0.2, 0.25) is 5.02 Å². The fraction of sp³-hybridized carbons (Fsp3) is 0.588. The van der Waals surface area contributed by atoms with Gasteiger partial charge >= 0.3 is 0 Å². The highest BCUT2D eigenvalue weighted by Crippen LogP contribution is 2.35. The van der Waals surface area contributed by atoms with Crippen LogP contribution in [0.4, 0.5) is 0 Å². The zero-order valence-corrected chi connectivity index (χ0v) is 13.4. The molecule has 1 aliphatic carbocycles. The highest BCUT2D eigenvalue weighted by molar-refractivity contribution is 6.30. The largest absolute Gasteiger partial charge is 0.301 e. The van der Waals surface area contributed by atoms with E-state index < -0.39 is 0 Å². The first-order chi connectivity index (χ1) is 9.38. The quantitative estimate of drug-likeness (QED) is 0.830. The highest BCUT2D eigenvalue weighted by atomic mass is 35.5. The molecule has 1 saturated carbocycles. The molecule has 1 aromatic rings. The number of carbonyl (C=O) groups excluding carboxylic acids is 1. The van der Waals surface area contributed by atoms with E-state index in [4.69, 9.17) is 11.6 Å². The number of ketones is 1. The molecule has 2 rings (SSSR count). The van der Waals surface area contributed by atoms with Gasteiger partial charge < -0.3 is 4.90 Å². The van der Waals surface area contributed by atoms with Gasteiger partial charge in [-0.25, -0.2) is 0 Å². The Morgan fingerprint density at radius 3 is 2.60 bits per heavy atom. The van der Waals surface area contributed by atoms with Crippen LogP contribution in [0.25, 0.3) is 0 Å². The van der Waals surface area contributed by atoms with Crippen LogP contribution in [0.5, 0.6) is 0 Å². The van der Waals surface area contributed by atoms with E-state index >= 15 is 0 Å². The minimum Gasteiger partial charge on any atom is -0.301 e. The van der Waals surface area contributed by atoms with Gasteiger partial charge in [0.1, 0.15) is 5.78 Å². The molecule has 1 aliphatic rings. The van der Waals surface area contributed by atoms with Crippen molar-refractivity contribution in [3.8, 4) is 0 Å². The van der Waals surface area contributed by atoms with Crippen LogP contribution in [-0.4, -0.2) is 24.3 Å². The molecule has 0 aromatic heterocycles. The van der Waals surface area contributed by atoms with Crippen molar-refractivity contribution in [3.05, 3.63) is 34.9 Å². The van der Waals surface area contributed by atoms with Crippen LogP contribution in [-0.2, 0) is 11.3 Å². The van der Waals surface area contributed by atoms with Gasteiger partial charge in [-0.3, -0.25) is 4.79 Å². The van der Waals surface area contributed by atoms with E-state index in [0.29, 0.717) is 5.78 Å². The Hall–Kier alpha value is -0.860. The van der Waals surface area contributed by atoms with Gasteiger partial charge in [-0.15, -0.1) is 0 Å². The van der Waals surface area contributed by atoms with Crippen LogP contribution in [0, 0.1) is 11.3 Å². The Kier molecular flexibility index (Phi) is 4.87. The number of carbonyl (C=O) groups is 1. The minimum absolute atomic E-state index is 0.135. The zero-order valence-electron chi connectivity index (χ0n) is 12.7. The lowest BCUT2D eigenvalue weighted by atomic mass is 9.71. The third kappa shape index (κ3) is 3.83. The second kappa shape index (κ2) is 6.28. The number of halogens is 1. The van der Waals surface area contributed by atoms with Crippen LogP contribution in [0.3, 0.4) is 0 Å². The maximum Gasteiger partial charge on any atom is 0.142 e. The summed E-state index contributed by atoms with van der Waals surface area (Å²) in [6.45, 7) is 5.88. The summed E-state index contributed by atoms with van der Waals surface area (Å²) < 4.78 is 0. The topological polar surface area (TPSA) is 20.3 Å². The second-order valence-electron chi connectivity index (χ2n) is 6.66. The van der Waals surface area contributed by atoms with Gasteiger partial charge in [-0.2, -0.15) is 0 Å². The Morgan fingerprint density at radius 2 is 1.95 bits per heavy atom. The number of rotatable bonds is 4. The summed E-state index contributed by atoms with van der Waals surface area (Å²) in [4.78, 5) is 14.7. The van der Waals surface area contributed by atoms with E-state index in [-0.39, 0.29) is 11.3 Å². The molecule has 0 spiro atoms. The summed E-state index contributed by atoms with van der Waals surface area (Å²) in [5.74, 6) is 0.628. The molecular weight excluding hydrogens is 270 g/mol. The Morgan fingerprint density at radius 1 is 1.30 bits per heavy atom. The molecule has 0 heterocycles. The number of nitrogens with zero attached hydrogens (tertiary/aromatic N) is 1. The van der Waals surface area contributed by atoms with Gasteiger partial charge in [0.05, 0.1) is 0 Å². The minimum atomic E-state index is -0.135. The number of benzene rings is 1. The van der Waals surface area contributed by atoms with E-state index in [2.05, 4.69) is 25.8 Å². The summed E-state index contributed by atoms with van der Waals surface area (Å²) in [7, 11) is 2.09. The first kappa shape index (κ1) is 15.5. The lowest BCUT2D eigenvalue weighted by molar-refractivity contribution is -0.134. The Balaban J connectivity index is 1.92. The van der Waals surface area contributed by atoms with E-state index in [1.165, 1.54) is 5.56 Å². The first-order valence-electron chi connectivity index (χ1n) is 7.36. The first-order valence-corrected chi connectivity index (χ1v) is 7.73. The highest BCUT2D eigenvalue weighted by Gasteiger charge is 2.37. The van der Waals surface area contributed by atoms with E-state index in [1.807, 2.05) is 24.3 Å². The zero-order chi connectivity index (χ0) is 14.8. The molecule has 2 nitrogen and oxygen atoms in total. The maximum absolute atomic E-state index is 12.4. The molecule has 1 unspecified atom stereocenters. The van der Waals surface area contributed by atoms with Crippen LogP contribution >= 0.6 is 11.6 Å². The fourth-order valence-electron chi connectivity index (χ4n) is 3.11. The fourth-order valence-corrected chi connectivity index (χ4v) is 3.24. The average molecular weight is 294 g/mol. The van der Waals surface area contributed by atoms with Gasteiger partial charge in [-0.05, 0) is 37.6 Å².